The molecule has 0 bridgehead atoms. The van der Waals surface area contributed by atoms with Crippen LogP contribution in [0.25, 0.3) is 0 Å². The smallest absolute Gasteiger partial charge is 0.289 e. The second kappa shape index (κ2) is 6.15. The summed E-state index contributed by atoms with van der Waals surface area (Å²) in [5, 5.41) is 13.5. The Hall–Kier alpha value is -1.73. The molecule has 2 aromatic rings. The summed E-state index contributed by atoms with van der Waals surface area (Å²) >= 11 is 9.04. The van der Waals surface area contributed by atoms with Crippen molar-refractivity contribution in [2.24, 2.45) is 0 Å². The topological polar surface area (TPSA) is 68.1 Å². The van der Waals surface area contributed by atoms with E-state index < -0.39 is 4.92 Å². The van der Waals surface area contributed by atoms with Gasteiger partial charge in [0, 0.05) is 22.6 Å². The van der Waals surface area contributed by atoms with Crippen molar-refractivity contribution in [1.29, 1.82) is 0 Å². The van der Waals surface area contributed by atoms with Gasteiger partial charge in [0.1, 0.15) is 17.8 Å². The van der Waals surface area contributed by atoms with E-state index >= 15 is 0 Å². The molecular weight excluding hydrogens is 353 g/mol. The molecule has 0 aliphatic rings. The van der Waals surface area contributed by atoms with E-state index in [0.29, 0.717) is 10.0 Å². The molecule has 0 fully saturated rings. The van der Waals surface area contributed by atoms with Crippen molar-refractivity contribution >= 4 is 39.0 Å². The number of nitrogens with zero attached hydrogens (tertiary/aromatic N) is 2. The number of hydrogen-bond acceptors (Lipinski definition) is 4. The summed E-state index contributed by atoms with van der Waals surface area (Å²) in [6.07, 6.45) is 1.09. The molecule has 104 valence electrons. The molecule has 1 aromatic heterocycles. The van der Waals surface area contributed by atoms with E-state index in [1.165, 1.54) is 12.1 Å². The van der Waals surface area contributed by atoms with Gasteiger partial charge in [0.15, 0.2) is 0 Å². The molecule has 0 spiro atoms. The lowest BCUT2D eigenvalue weighted by molar-refractivity contribution is -0.385. The van der Waals surface area contributed by atoms with Gasteiger partial charge in [-0.3, -0.25) is 10.1 Å². The summed E-state index contributed by atoms with van der Waals surface area (Å²) in [6, 6.07) is 5.87. The Labute approximate surface area is 127 Å². The number of halogens is 3. The maximum atomic E-state index is 13.6. The zero-order valence-electron chi connectivity index (χ0n) is 9.94. The molecule has 2 rings (SSSR count). The van der Waals surface area contributed by atoms with E-state index in [9.17, 15) is 14.5 Å². The minimum Gasteiger partial charge on any atom is -0.365 e. The number of hydrogen-bond donors (Lipinski definition) is 1. The highest BCUT2D eigenvalue weighted by Gasteiger charge is 2.11. The fourth-order valence-corrected chi connectivity index (χ4v) is 2.06. The third-order valence-electron chi connectivity index (χ3n) is 2.50. The Morgan fingerprint density at radius 1 is 1.45 bits per heavy atom. The molecule has 1 heterocycles. The van der Waals surface area contributed by atoms with Crippen LogP contribution in [0.3, 0.4) is 0 Å². The Morgan fingerprint density at radius 2 is 2.20 bits per heavy atom. The summed E-state index contributed by atoms with van der Waals surface area (Å²) in [4.78, 5) is 13.8. The minimum atomic E-state index is -0.586. The molecule has 0 amide bonds. The molecule has 0 saturated heterocycles. The van der Waals surface area contributed by atoms with Gasteiger partial charge in [-0.1, -0.05) is 33.6 Å². The Morgan fingerprint density at radius 3 is 2.80 bits per heavy atom. The zero-order valence-corrected chi connectivity index (χ0v) is 12.3. The molecule has 1 N–H and O–H groups in total. The maximum Gasteiger partial charge on any atom is 0.289 e. The number of anilines is 1. The maximum absolute atomic E-state index is 13.6. The lowest BCUT2D eigenvalue weighted by atomic mass is 10.2. The summed E-state index contributed by atoms with van der Waals surface area (Å²) in [5.41, 5.74) is 0.236. The van der Waals surface area contributed by atoms with E-state index in [1.807, 2.05) is 0 Å². The highest BCUT2D eigenvalue weighted by Crippen LogP contribution is 2.24. The first-order valence-electron chi connectivity index (χ1n) is 5.45. The van der Waals surface area contributed by atoms with Crippen LogP contribution in [0, 0.1) is 15.9 Å². The molecule has 5 nitrogen and oxygen atoms in total. The summed E-state index contributed by atoms with van der Waals surface area (Å²) in [7, 11) is 0. The van der Waals surface area contributed by atoms with E-state index in [-0.39, 0.29) is 28.9 Å². The van der Waals surface area contributed by atoms with E-state index in [2.05, 4.69) is 26.2 Å². The van der Waals surface area contributed by atoms with Crippen LogP contribution in [0.5, 0.6) is 0 Å². The first kappa shape index (κ1) is 14.7. The quantitative estimate of drug-likeness (QED) is 0.657. The van der Waals surface area contributed by atoms with Crippen LogP contribution in [0.4, 0.5) is 15.9 Å². The van der Waals surface area contributed by atoms with Gasteiger partial charge < -0.3 is 5.32 Å². The molecule has 20 heavy (non-hydrogen) atoms. The summed E-state index contributed by atoms with van der Waals surface area (Å²) in [6.45, 7) is 0.170. The van der Waals surface area contributed by atoms with Gasteiger partial charge in [0.2, 0.25) is 0 Å². The molecule has 0 aliphatic carbocycles. The second-order valence-electron chi connectivity index (χ2n) is 3.87. The van der Waals surface area contributed by atoms with Crippen LogP contribution in [-0.4, -0.2) is 9.91 Å². The molecule has 0 aliphatic heterocycles. The van der Waals surface area contributed by atoms with E-state index in [4.69, 9.17) is 11.6 Å². The molecule has 0 atom stereocenters. The molecule has 0 unspecified atom stereocenters. The Bertz CT molecular complexity index is 669. The van der Waals surface area contributed by atoms with Crippen molar-refractivity contribution < 1.29 is 9.31 Å². The highest BCUT2D eigenvalue weighted by atomic mass is 79.9. The number of rotatable bonds is 4. The number of aromatic nitrogens is 1. The largest absolute Gasteiger partial charge is 0.365 e. The van der Waals surface area contributed by atoms with Crippen molar-refractivity contribution in [3.63, 3.8) is 0 Å². The van der Waals surface area contributed by atoms with Gasteiger partial charge in [-0.25, -0.2) is 9.37 Å². The first-order valence-corrected chi connectivity index (χ1v) is 6.62. The molecule has 0 radical (unpaired) electrons. The molecule has 8 heteroatoms. The van der Waals surface area contributed by atoms with Gasteiger partial charge in [0.05, 0.1) is 9.95 Å². The van der Waals surface area contributed by atoms with Gasteiger partial charge in [-0.2, -0.15) is 0 Å². The monoisotopic (exact) mass is 359 g/mol. The number of nitro groups is 1. The van der Waals surface area contributed by atoms with Crippen LogP contribution in [0.15, 0.2) is 34.9 Å². The molecular formula is C12H8BrClFN3O2. The fraction of sp³-hybridized carbons (Fsp3) is 0.0833. The summed E-state index contributed by atoms with van der Waals surface area (Å²) < 4.78 is 14.3. The Kier molecular flexibility index (Phi) is 4.51. The Balaban J connectivity index is 2.13. The average Bonchev–Trinajstić information content (AvgIpc) is 2.38. The molecule has 1 aromatic carbocycles. The number of nitrogens with one attached hydrogen (secondary N) is 1. The predicted octanol–water partition coefficient (Wildman–Crippen LogP) is 4.16. The average molecular weight is 361 g/mol. The normalized spacial score (nSPS) is 10.3. The van der Waals surface area contributed by atoms with Crippen LogP contribution < -0.4 is 5.32 Å². The summed E-state index contributed by atoms with van der Waals surface area (Å²) in [5.74, 6) is -0.107. The van der Waals surface area contributed by atoms with Gasteiger partial charge in [-0.15, -0.1) is 0 Å². The SMILES string of the molecule is O=[N+]([O-])c1cnc(NCc2ccc(Br)cc2F)c(Cl)c1. The van der Waals surface area contributed by atoms with Crippen molar-refractivity contribution in [3.8, 4) is 0 Å². The van der Waals surface area contributed by atoms with Crippen LogP contribution in [0.1, 0.15) is 5.56 Å². The van der Waals surface area contributed by atoms with Crippen LogP contribution in [-0.2, 0) is 6.54 Å². The highest BCUT2D eigenvalue weighted by molar-refractivity contribution is 9.10. The number of benzene rings is 1. The first-order chi connectivity index (χ1) is 9.47. The van der Waals surface area contributed by atoms with Gasteiger partial charge in [-0.05, 0) is 12.1 Å². The second-order valence-corrected chi connectivity index (χ2v) is 5.19. The predicted molar refractivity (Wildman–Crippen MR) is 77.3 cm³/mol. The standard InChI is InChI=1S/C12H8BrClFN3O2/c13-8-2-1-7(11(15)3-8)5-16-12-10(14)4-9(6-17-12)18(19)20/h1-4,6H,5H2,(H,16,17). The third kappa shape index (κ3) is 3.43. The van der Waals surface area contributed by atoms with Crippen LogP contribution >= 0.6 is 27.5 Å². The van der Waals surface area contributed by atoms with E-state index in [0.717, 1.165) is 6.20 Å². The van der Waals surface area contributed by atoms with Crippen molar-refractivity contribution in [3.05, 3.63) is 61.5 Å². The van der Waals surface area contributed by atoms with Crippen LogP contribution in [0.2, 0.25) is 5.02 Å². The van der Waals surface area contributed by atoms with E-state index in [1.54, 1.807) is 12.1 Å². The van der Waals surface area contributed by atoms with Gasteiger partial charge >= 0.3 is 0 Å². The van der Waals surface area contributed by atoms with Crippen molar-refractivity contribution in [2.45, 2.75) is 6.54 Å². The third-order valence-corrected chi connectivity index (χ3v) is 3.28. The van der Waals surface area contributed by atoms with Gasteiger partial charge in [0.25, 0.3) is 5.69 Å². The lowest BCUT2D eigenvalue weighted by Crippen LogP contribution is -2.04. The zero-order chi connectivity index (χ0) is 14.7. The number of pyridine rings is 1. The lowest BCUT2D eigenvalue weighted by Gasteiger charge is -2.08. The molecule has 0 saturated carbocycles. The van der Waals surface area contributed by atoms with Crippen molar-refractivity contribution in [2.75, 3.05) is 5.32 Å². The minimum absolute atomic E-state index is 0.108. The fourth-order valence-electron chi connectivity index (χ4n) is 1.50. The van der Waals surface area contributed by atoms with Crippen molar-refractivity contribution in [1.82, 2.24) is 4.98 Å².